The topological polar surface area (TPSA) is 108 Å². The molecule has 2 aromatic heterocycles. The van der Waals surface area contributed by atoms with Crippen LogP contribution in [0.2, 0.25) is 0 Å². The number of nitrogens with one attached hydrogen (secondary N) is 1. The first-order valence-electron chi connectivity index (χ1n) is 10.5. The highest BCUT2D eigenvalue weighted by Gasteiger charge is 2.22. The molecular weight excluding hydrogens is 446 g/mol. The average molecular weight is 472 g/mol. The summed E-state index contributed by atoms with van der Waals surface area (Å²) in [5, 5.41) is 3.35. The fraction of sp³-hybridized carbons (Fsp3) is 0.364. The largest absolute Gasteiger partial charge is 0.454 e. The summed E-state index contributed by atoms with van der Waals surface area (Å²) in [5.41, 5.74) is 0.805. The number of hydrogen-bond acceptors (Lipinski definition) is 8. The smallest absolute Gasteiger partial charge is 0.263 e. The number of amides is 2. The Labute approximate surface area is 195 Å². The third kappa shape index (κ3) is 5.88. The van der Waals surface area contributed by atoms with Crippen molar-refractivity contribution in [3.05, 3.63) is 53.6 Å². The van der Waals surface area contributed by atoms with Crippen LogP contribution in [-0.2, 0) is 22.5 Å². The highest BCUT2D eigenvalue weighted by molar-refractivity contribution is 7.17. The highest BCUT2D eigenvalue weighted by Crippen LogP contribution is 2.33. The summed E-state index contributed by atoms with van der Waals surface area (Å²) in [6, 6.07) is 5.44. The minimum atomic E-state index is -0.209. The van der Waals surface area contributed by atoms with Gasteiger partial charge in [0.15, 0.2) is 16.6 Å². The van der Waals surface area contributed by atoms with Gasteiger partial charge in [-0.25, -0.2) is 9.97 Å². The van der Waals surface area contributed by atoms with Crippen molar-refractivity contribution in [3.63, 3.8) is 0 Å². The zero-order valence-electron chi connectivity index (χ0n) is 18.2. The quantitative estimate of drug-likeness (QED) is 0.427. The van der Waals surface area contributed by atoms with Crippen LogP contribution in [0.4, 0.5) is 5.13 Å². The molecule has 2 amide bonds. The molecule has 0 bridgehead atoms. The lowest BCUT2D eigenvalue weighted by molar-refractivity contribution is -0.118. The molecule has 1 aliphatic rings. The average Bonchev–Trinajstić information content (AvgIpc) is 3.58. The van der Waals surface area contributed by atoms with E-state index >= 15 is 0 Å². The van der Waals surface area contributed by atoms with Crippen molar-refractivity contribution >= 4 is 28.3 Å². The summed E-state index contributed by atoms with van der Waals surface area (Å²) in [7, 11) is 1.57. The molecule has 4 rings (SSSR count). The number of hydrogen-bond donors (Lipinski definition) is 1. The van der Waals surface area contributed by atoms with Crippen molar-refractivity contribution < 1.29 is 23.8 Å². The Morgan fingerprint density at radius 2 is 2.18 bits per heavy atom. The van der Waals surface area contributed by atoms with Crippen LogP contribution >= 0.6 is 11.3 Å². The van der Waals surface area contributed by atoms with Gasteiger partial charge in [-0.3, -0.25) is 14.5 Å². The van der Waals surface area contributed by atoms with E-state index in [1.54, 1.807) is 36.7 Å². The number of thiazole rings is 1. The van der Waals surface area contributed by atoms with Crippen molar-refractivity contribution in [2.24, 2.45) is 0 Å². The molecule has 0 atom stereocenters. The third-order valence-corrected chi connectivity index (χ3v) is 6.02. The molecule has 0 saturated carbocycles. The van der Waals surface area contributed by atoms with Gasteiger partial charge in [0, 0.05) is 32.6 Å². The Bertz CT molecular complexity index is 1080. The van der Waals surface area contributed by atoms with E-state index in [0.29, 0.717) is 41.2 Å². The Kier molecular flexibility index (Phi) is 7.53. The molecule has 1 N–H and O–H groups in total. The van der Waals surface area contributed by atoms with E-state index in [0.717, 1.165) is 18.5 Å². The van der Waals surface area contributed by atoms with Crippen LogP contribution in [-0.4, -0.2) is 59.9 Å². The second kappa shape index (κ2) is 10.9. The first-order chi connectivity index (χ1) is 16.1. The molecule has 3 heterocycles. The van der Waals surface area contributed by atoms with Gasteiger partial charge in [-0.2, -0.15) is 0 Å². The molecule has 3 aromatic rings. The molecular formula is C22H25N5O5S. The van der Waals surface area contributed by atoms with Crippen LogP contribution in [0.1, 0.15) is 21.7 Å². The molecule has 0 fully saturated rings. The van der Waals surface area contributed by atoms with Gasteiger partial charge in [0.2, 0.25) is 12.7 Å². The Morgan fingerprint density at radius 1 is 1.30 bits per heavy atom. The molecule has 0 saturated heterocycles. The second-order valence-electron chi connectivity index (χ2n) is 7.32. The highest BCUT2D eigenvalue weighted by atomic mass is 32.1. The van der Waals surface area contributed by atoms with Crippen LogP contribution < -0.4 is 19.7 Å². The SMILES string of the molecule is COCCN(C(=O)Cc1ccc2c(c1)OCO2)c1ncc(C(=O)NCCCn2ccnc2)s1. The van der Waals surface area contributed by atoms with E-state index in [2.05, 4.69) is 15.3 Å². The van der Waals surface area contributed by atoms with Crippen molar-refractivity contribution in [3.8, 4) is 11.5 Å². The summed E-state index contributed by atoms with van der Waals surface area (Å²) >= 11 is 1.18. The third-order valence-electron chi connectivity index (χ3n) is 5.00. The number of aromatic nitrogens is 3. The normalized spacial score (nSPS) is 12.0. The van der Waals surface area contributed by atoms with E-state index in [4.69, 9.17) is 14.2 Å². The van der Waals surface area contributed by atoms with Crippen LogP contribution in [0.15, 0.2) is 43.1 Å². The number of carbonyl (C=O) groups is 2. The summed E-state index contributed by atoms with van der Waals surface area (Å²) in [6.07, 6.45) is 7.79. The number of imidazole rings is 1. The van der Waals surface area contributed by atoms with Crippen molar-refractivity contribution in [2.45, 2.75) is 19.4 Å². The maximum Gasteiger partial charge on any atom is 0.263 e. The number of fused-ring (bicyclic) bond motifs is 1. The maximum atomic E-state index is 13.1. The molecule has 33 heavy (non-hydrogen) atoms. The van der Waals surface area contributed by atoms with Crippen LogP contribution in [0.3, 0.4) is 0 Å². The molecule has 0 unspecified atom stereocenters. The lowest BCUT2D eigenvalue weighted by Crippen LogP contribution is -2.35. The molecule has 10 nitrogen and oxygen atoms in total. The molecule has 174 valence electrons. The molecule has 11 heteroatoms. The Hall–Kier alpha value is -3.44. The van der Waals surface area contributed by atoms with Crippen molar-refractivity contribution in [2.75, 3.05) is 38.5 Å². The fourth-order valence-electron chi connectivity index (χ4n) is 3.29. The number of nitrogens with zero attached hydrogens (tertiary/aromatic N) is 4. The van der Waals surface area contributed by atoms with Crippen molar-refractivity contribution in [1.82, 2.24) is 19.9 Å². The monoisotopic (exact) mass is 471 g/mol. The van der Waals surface area contributed by atoms with Gasteiger partial charge in [0.25, 0.3) is 5.91 Å². The summed E-state index contributed by atoms with van der Waals surface area (Å²) < 4.78 is 17.8. The fourth-order valence-corrected chi connectivity index (χ4v) is 4.17. The number of methoxy groups -OCH3 is 1. The number of rotatable bonds is 11. The Morgan fingerprint density at radius 3 is 3.00 bits per heavy atom. The summed E-state index contributed by atoms with van der Waals surface area (Å²) in [5.74, 6) is 0.944. The van der Waals surface area contributed by atoms with E-state index in [1.165, 1.54) is 17.5 Å². The van der Waals surface area contributed by atoms with Gasteiger partial charge >= 0.3 is 0 Å². The van der Waals surface area contributed by atoms with Crippen LogP contribution in [0, 0.1) is 0 Å². The zero-order valence-corrected chi connectivity index (χ0v) is 19.0. The first-order valence-corrected chi connectivity index (χ1v) is 11.3. The molecule has 0 spiro atoms. The first kappa shape index (κ1) is 22.7. The predicted octanol–water partition coefficient (Wildman–Crippen LogP) is 2.11. The van der Waals surface area contributed by atoms with Gasteiger partial charge in [0.1, 0.15) is 4.88 Å². The Balaban J connectivity index is 1.36. The van der Waals surface area contributed by atoms with Crippen molar-refractivity contribution in [1.29, 1.82) is 0 Å². The standard InChI is InChI=1S/C22H25N5O5S/c1-30-10-9-27(20(28)12-16-3-4-17-18(11-16)32-15-31-17)22-25-13-19(33-22)21(29)24-5-2-7-26-8-6-23-14-26/h3-4,6,8,11,13-14H,2,5,7,9-10,12,15H2,1H3,(H,24,29). The molecule has 1 aliphatic heterocycles. The van der Waals surface area contributed by atoms with Gasteiger partial charge in [-0.1, -0.05) is 17.4 Å². The number of aryl methyl sites for hydroxylation is 1. The van der Waals surface area contributed by atoms with E-state index in [9.17, 15) is 9.59 Å². The molecule has 1 aromatic carbocycles. The minimum Gasteiger partial charge on any atom is -0.454 e. The lowest BCUT2D eigenvalue weighted by Gasteiger charge is -2.19. The van der Waals surface area contributed by atoms with Gasteiger partial charge < -0.3 is 24.1 Å². The van der Waals surface area contributed by atoms with Gasteiger partial charge in [-0.05, 0) is 24.1 Å². The zero-order chi connectivity index (χ0) is 23.0. The van der Waals surface area contributed by atoms with Crippen LogP contribution in [0.5, 0.6) is 11.5 Å². The number of carbonyl (C=O) groups excluding carboxylic acids is 2. The van der Waals surface area contributed by atoms with Gasteiger partial charge in [-0.15, -0.1) is 0 Å². The minimum absolute atomic E-state index is 0.146. The van der Waals surface area contributed by atoms with Crippen LogP contribution in [0.25, 0.3) is 0 Å². The summed E-state index contributed by atoms with van der Waals surface area (Å²) in [6.45, 7) is 2.16. The number of benzene rings is 1. The predicted molar refractivity (Wildman–Crippen MR) is 122 cm³/mol. The molecule has 0 radical (unpaired) electrons. The van der Waals surface area contributed by atoms with Gasteiger partial charge in [0.05, 0.1) is 32.1 Å². The van der Waals surface area contributed by atoms with E-state index in [-0.39, 0.29) is 25.0 Å². The second-order valence-corrected chi connectivity index (χ2v) is 8.33. The molecule has 0 aliphatic carbocycles. The van der Waals surface area contributed by atoms with E-state index < -0.39 is 0 Å². The summed E-state index contributed by atoms with van der Waals surface area (Å²) in [4.78, 5) is 35.9. The number of anilines is 1. The number of ether oxygens (including phenoxy) is 3. The maximum absolute atomic E-state index is 13.1. The lowest BCUT2D eigenvalue weighted by atomic mass is 10.1. The van der Waals surface area contributed by atoms with E-state index in [1.807, 2.05) is 16.8 Å².